The van der Waals surface area contributed by atoms with Crippen LogP contribution in [0.4, 0.5) is 0 Å². The monoisotopic (exact) mass is 187 g/mol. The van der Waals surface area contributed by atoms with Gasteiger partial charge in [0.1, 0.15) is 0 Å². The molecule has 1 aliphatic heterocycles. The Morgan fingerprint density at radius 3 is 2.46 bits per heavy atom. The second-order valence-electron chi connectivity index (χ2n) is 2.99. The highest BCUT2D eigenvalue weighted by Gasteiger charge is 2.29. The van der Waals surface area contributed by atoms with Crippen LogP contribution in [0.25, 0.3) is 0 Å². The topological polar surface area (TPSA) is 47.6 Å². The van der Waals surface area contributed by atoms with E-state index >= 15 is 0 Å². The molecule has 0 saturated carbocycles. The number of hydrogen-bond donors (Lipinski definition) is 1. The van der Waals surface area contributed by atoms with E-state index in [1.807, 2.05) is 13.8 Å². The van der Waals surface area contributed by atoms with Crippen LogP contribution in [0.3, 0.4) is 0 Å². The molecule has 76 valence electrons. The fraction of sp³-hybridized carbons (Fsp3) is 0.889. The highest BCUT2D eigenvalue weighted by Crippen LogP contribution is 2.14. The number of nitrogens with one attached hydrogen (secondary N) is 1. The van der Waals surface area contributed by atoms with Crippen molar-refractivity contribution in [2.45, 2.75) is 39.0 Å². The van der Waals surface area contributed by atoms with Crippen molar-refractivity contribution in [1.82, 2.24) is 5.32 Å². The molecule has 0 spiro atoms. The van der Waals surface area contributed by atoms with Crippen molar-refractivity contribution in [3.05, 3.63) is 0 Å². The van der Waals surface area contributed by atoms with E-state index in [1.54, 1.807) is 0 Å². The Morgan fingerprint density at radius 2 is 2.08 bits per heavy atom. The van der Waals surface area contributed by atoms with Gasteiger partial charge in [-0.1, -0.05) is 0 Å². The first-order valence-corrected chi connectivity index (χ1v) is 4.80. The Balaban J connectivity index is 2.39. The third-order valence-electron chi connectivity index (χ3n) is 2.02. The highest BCUT2D eigenvalue weighted by atomic mass is 16.7. The molecule has 1 heterocycles. The summed E-state index contributed by atoms with van der Waals surface area (Å²) in [5, 5.41) is 2.83. The van der Waals surface area contributed by atoms with Crippen LogP contribution in [0.5, 0.6) is 0 Å². The molecule has 1 amide bonds. The van der Waals surface area contributed by atoms with Gasteiger partial charge in [-0.15, -0.1) is 0 Å². The number of hydrogen-bond acceptors (Lipinski definition) is 3. The van der Waals surface area contributed by atoms with E-state index in [2.05, 4.69) is 5.32 Å². The van der Waals surface area contributed by atoms with E-state index in [0.29, 0.717) is 19.6 Å². The van der Waals surface area contributed by atoms with Gasteiger partial charge >= 0.3 is 0 Å². The zero-order valence-corrected chi connectivity index (χ0v) is 8.21. The molecule has 0 radical (unpaired) electrons. The van der Waals surface area contributed by atoms with Crippen LogP contribution >= 0.6 is 0 Å². The predicted octanol–water partition coefficient (Wildman–Crippen LogP) is 0.664. The standard InChI is InChI=1S/C9H17NO3/c1-3-12-9(13-4-2)7-5-6-8(11)10-7/h7,9H,3-6H2,1-2H3,(H,10,11)/t7-/m1/s1. The first kappa shape index (κ1) is 10.5. The van der Waals surface area contributed by atoms with Crippen molar-refractivity contribution in [2.24, 2.45) is 0 Å². The molecule has 4 nitrogen and oxygen atoms in total. The van der Waals surface area contributed by atoms with E-state index in [4.69, 9.17) is 9.47 Å². The van der Waals surface area contributed by atoms with Crippen molar-refractivity contribution in [2.75, 3.05) is 13.2 Å². The van der Waals surface area contributed by atoms with E-state index in [9.17, 15) is 4.79 Å². The number of carbonyl (C=O) groups is 1. The van der Waals surface area contributed by atoms with Gasteiger partial charge in [-0.25, -0.2) is 0 Å². The molecule has 1 aliphatic rings. The Hall–Kier alpha value is -0.610. The summed E-state index contributed by atoms with van der Waals surface area (Å²) in [7, 11) is 0. The normalized spacial score (nSPS) is 22.4. The lowest BCUT2D eigenvalue weighted by molar-refractivity contribution is -0.153. The van der Waals surface area contributed by atoms with Gasteiger partial charge in [0.15, 0.2) is 6.29 Å². The highest BCUT2D eigenvalue weighted by molar-refractivity contribution is 5.78. The van der Waals surface area contributed by atoms with Crippen LogP contribution in [0.2, 0.25) is 0 Å². The van der Waals surface area contributed by atoms with Gasteiger partial charge in [-0.05, 0) is 20.3 Å². The molecule has 1 fully saturated rings. The minimum absolute atomic E-state index is 0.0346. The number of amides is 1. The molecule has 1 saturated heterocycles. The van der Waals surface area contributed by atoms with Crippen LogP contribution in [-0.4, -0.2) is 31.5 Å². The van der Waals surface area contributed by atoms with Gasteiger partial charge in [0.2, 0.25) is 5.91 Å². The third kappa shape index (κ3) is 2.97. The van der Waals surface area contributed by atoms with E-state index in [-0.39, 0.29) is 18.2 Å². The van der Waals surface area contributed by atoms with Crippen molar-refractivity contribution >= 4 is 5.91 Å². The second kappa shape index (κ2) is 5.19. The van der Waals surface area contributed by atoms with Crippen LogP contribution in [0, 0.1) is 0 Å². The lowest BCUT2D eigenvalue weighted by atomic mass is 10.2. The summed E-state index contributed by atoms with van der Waals surface area (Å²) in [6, 6.07) is 0.0346. The van der Waals surface area contributed by atoms with Gasteiger partial charge < -0.3 is 14.8 Å². The molecule has 0 aromatic heterocycles. The van der Waals surface area contributed by atoms with E-state index < -0.39 is 0 Å². The molecule has 0 aromatic rings. The summed E-state index contributed by atoms with van der Waals surface area (Å²) in [5.74, 6) is 0.0920. The van der Waals surface area contributed by atoms with Crippen LogP contribution in [0.1, 0.15) is 26.7 Å². The van der Waals surface area contributed by atoms with E-state index in [1.165, 1.54) is 0 Å². The van der Waals surface area contributed by atoms with Gasteiger partial charge in [0.05, 0.1) is 6.04 Å². The summed E-state index contributed by atoms with van der Waals surface area (Å²) in [4.78, 5) is 10.9. The smallest absolute Gasteiger partial charge is 0.220 e. The van der Waals surface area contributed by atoms with Crippen molar-refractivity contribution in [3.63, 3.8) is 0 Å². The maximum atomic E-state index is 10.9. The summed E-state index contributed by atoms with van der Waals surface area (Å²) in [6.45, 7) is 5.06. The van der Waals surface area contributed by atoms with Crippen LogP contribution < -0.4 is 5.32 Å². The summed E-state index contributed by atoms with van der Waals surface area (Å²) in [6.07, 6.45) is 1.12. The Morgan fingerprint density at radius 1 is 1.46 bits per heavy atom. The number of ether oxygens (including phenoxy) is 2. The van der Waals surface area contributed by atoms with Gasteiger partial charge in [-0.3, -0.25) is 4.79 Å². The molecule has 0 aliphatic carbocycles. The summed E-state index contributed by atoms with van der Waals surface area (Å²) >= 11 is 0. The molecule has 0 unspecified atom stereocenters. The molecular weight excluding hydrogens is 170 g/mol. The first-order chi connectivity index (χ1) is 6.27. The van der Waals surface area contributed by atoms with Crippen molar-refractivity contribution < 1.29 is 14.3 Å². The summed E-state index contributed by atoms with van der Waals surface area (Å²) < 4.78 is 10.8. The first-order valence-electron chi connectivity index (χ1n) is 4.80. The molecule has 1 N–H and O–H groups in total. The largest absolute Gasteiger partial charge is 0.351 e. The lowest BCUT2D eigenvalue weighted by Gasteiger charge is -2.22. The summed E-state index contributed by atoms with van der Waals surface area (Å²) in [5.41, 5.74) is 0. The Bertz CT molecular complexity index is 166. The molecule has 1 rings (SSSR count). The van der Waals surface area contributed by atoms with Crippen LogP contribution in [0.15, 0.2) is 0 Å². The second-order valence-corrected chi connectivity index (χ2v) is 2.99. The fourth-order valence-corrected chi connectivity index (χ4v) is 1.45. The quantitative estimate of drug-likeness (QED) is 0.643. The molecule has 13 heavy (non-hydrogen) atoms. The molecular formula is C9H17NO3. The Kier molecular flexibility index (Phi) is 4.18. The maximum Gasteiger partial charge on any atom is 0.220 e. The molecule has 0 aromatic carbocycles. The minimum Gasteiger partial charge on any atom is -0.351 e. The third-order valence-corrected chi connectivity index (χ3v) is 2.02. The minimum atomic E-state index is -0.276. The SMILES string of the molecule is CCOC(OCC)[C@H]1CCC(=O)N1. The van der Waals surface area contributed by atoms with E-state index in [0.717, 1.165) is 6.42 Å². The van der Waals surface area contributed by atoms with Crippen LogP contribution in [-0.2, 0) is 14.3 Å². The van der Waals surface area contributed by atoms with Gasteiger partial charge in [-0.2, -0.15) is 0 Å². The van der Waals surface area contributed by atoms with Crippen molar-refractivity contribution in [3.8, 4) is 0 Å². The van der Waals surface area contributed by atoms with Gasteiger partial charge in [0.25, 0.3) is 0 Å². The van der Waals surface area contributed by atoms with Crippen molar-refractivity contribution in [1.29, 1.82) is 0 Å². The number of rotatable bonds is 5. The molecule has 1 atom stereocenters. The lowest BCUT2D eigenvalue weighted by Crippen LogP contribution is -2.40. The maximum absolute atomic E-state index is 10.9. The predicted molar refractivity (Wildman–Crippen MR) is 48.2 cm³/mol. The average Bonchev–Trinajstić information content (AvgIpc) is 2.51. The fourth-order valence-electron chi connectivity index (χ4n) is 1.45. The molecule has 0 bridgehead atoms. The number of carbonyl (C=O) groups excluding carboxylic acids is 1. The average molecular weight is 187 g/mol. The zero-order chi connectivity index (χ0) is 9.68. The molecule has 4 heteroatoms. The van der Waals surface area contributed by atoms with Gasteiger partial charge in [0, 0.05) is 19.6 Å². The Labute approximate surface area is 78.6 Å². The zero-order valence-electron chi connectivity index (χ0n) is 8.21.